The number of ketones is 1. The van der Waals surface area contributed by atoms with Crippen LogP contribution in [0, 0.1) is 11.8 Å². The van der Waals surface area contributed by atoms with Gasteiger partial charge in [-0.2, -0.15) is 0 Å². The Morgan fingerprint density at radius 2 is 2.00 bits per heavy atom. The van der Waals surface area contributed by atoms with Gasteiger partial charge in [0.25, 0.3) is 0 Å². The van der Waals surface area contributed by atoms with E-state index in [1.54, 1.807) is 0 Å². The van der Waals surface area contributed by atoms with Crippen LogP contribution in [0.1, 0.15) is 52.4 Å². The summed E-state index contributed by atoms with van der Waals surface area (Å²) in [5.74, 6) is 2.19. The molecule has 0 aromatic rings. The Balaban J connectivity index is 1.78. The molecule has 2 nitrogen and oxygen atoms in total. The van der Waals surface area contributed by atoms with E-state index in [2.05, 4.69) is 23.6 Å². The normalized spacial score (nSPS) is 43.8. The van der Waals surface area contributed by atoms with Crippen molar-refractivity contribution >= 4 is 17.5 Å². The van der Waals surface area contributed by atoms with Crippen molar-refractivity contribution in [3.05, 3.63) is 0 Å². The standard InChI is InChI=1S/C15H25NOS/c1-3-13(17)12-9-11-10-7-5-6-8-14(10)18-15(11)16(12)4-2/h10-12,14-15H,3-9H2,1-2H3. The lowest BCUT2D eigenvalue weighted by Crippen LogP contribution is -2.39. The van der Waals surface area contributed by atoms with Crippen LogP contribution < -0.4 is 0 Å². The molecule has 0 radical (unpaired) electrons. The first-order chi connectivity index (χ1) is 8.76. The maximum Gasteiger partial charge on any atom is 0.149 e. The number of likely N-dealkylation sites (tertiary alicyclic amines) is 1. The monoisotopic (exact) mass is 267 g/mol. The van der Waals surface area contributed by atoms with Crippen LogP contribution in [-0.2, 0) is 4.79 Å². The first-order valence-electron chi connectivity index (χ1n) is 7.70. The summed E-state index contributed by atoms with van der Waals surface area (Å²) in [5, 5.41) is 1.56. The lowest BCUT2D eigenvalue weighted by molar-refractivity contribution is -0.123. The van der Waals surface area contributed by atoms with E-state index in [1.165, 1.54) is 25.7 Å². The maximum absolute atomic E-state index is 12.1. The van der Waals surface area contributed by atoms with E-state index in [9.17, 15) is 4.79 Å². The summed E-state index contributed by atoms with van der Waals surface area (Å²) in [4.78, 5) is 14.6. The second-order valence-corrected chi connectivity index (χ2v) is 7.44. The van der Waals surface area contributed by atoms with E-state index < -0.39 is 0 Å². The Kier molecular flexibility index (Phi) is 3.72. The number of carbonyl (C=O) groups excluding carboxylic acids is 1. The predicted octanol–water partition coefficient (Wildman–Crippen LogP) is 3.31. The minimum Gasteiger partial charge on any atom is -0.298 e. The van der Waals surface area contributed by atoms with Crippen LogP contribution in [0.25, 0.3) is 0 Å². The predicted molar refractivity (Wildman–Crippen MR) is 76.7 cm³/mol. The van der Waals surface area contributed by atoms with Gasteiger partial charge in [0, 0.05) is 11.7 Å². The molecular formula is C15H25NOS. The highest BCUT2D eigenvalue weighted by molar-refractivity contribution is 8.00. The average Bonchev–Trinajstić information content (AvgIpc) is 2.93. The van der Waals surface area contributed by atoms with Crippen LogP contribution in [0.3, 0.4) is 0 Å². The van der Waals surface area contributed by atoms with Crippen molar-refractivity contribution in [3.8, 4) is 0 Å². The van der Waals surface area contributed by atoms with Crippen LogP contribution in [0.2, 0.25) is 0 Å². The molecule has 0 bridgehead atoms. The van der Waals surface area contributed by atoms with Crippen molar-refractivity contribution in [3.63, 3.8) is 0 Å². The molecule has 5 unspecified atom stereocenters. The number of hydrogen-bond donors (Lipinski definition) is 0. The zero-order valence-electron chi connectivity index (χ0n) is 11.6. The third-order valence-electron chi connectivity index (χ3n) is 5.29. The molecule has 3 heteroatoms. The molecule has 0 aromatic carbocycles. The number of rotatable bonds is 3. The van der Waals surface area contributed by atoms with E-state index in [4.69, 9.17) is 0 Å². The van der Waals surface area contributed by atoms with Gasteiger partial charge in [-0.25, -0.2) is 0 Å². The van der Waals surface area contributed by atoms with E-state index >= 15 is 0 Å². The molecule has 2 aliphatic heterocycles. The molecular weight excluding hydrogens is 242 g/mol. The lowest BCUT2D eigenvalue weighted by atomic mass is 9.78. The van der Waals surface area contributed by atoms with Crippen molar-refractivity contribution in [1.29, 1.82) is 0 Å². The zero-order valence-corrected chi connectivity index (χ0v) is 12.4. The van der Waals surface area contributed by atoms with Gasteiger partial charge in [0.15, 0.2) is 0 Å². The summed E-state index contributed by atoms with van der Waals surface area (Å²) in [6, 6.07) is 0.241. The number of likely N-dealkylation sites (N-methyl/N-ethyl adjacent to an activating group) is 1. The fourth-order valence-electron chi connectivity index (χ4n) is 4.41. The van der Waals surface area contributed by atoms with Crippen LogP contribution >= 0.6 is 11.8 Å². The third kappa shape index (κ3) is 1.94. The molecule has 1 aliphatic carbocycles. The van der Waals surface area contributed by atoms with E-state index in [0.29, 0.717) is 17.6 Å². The Bertz CT molecular complexity index is 332. The van der Waals surface area contributed by atoms with E-state index in [0.717, 1.165) is 30.1 Å². The Morgan fingerprint density at radius 3 is 2.72 bits per heavy atom. The molecule has 3 rings (SSSR count). The van der Waals surface area contributed by atoms with Gasteiger partial charge in [0.05, 0.1) is 11.4 Å². The summed E-state index contributed by atoms with van der Waals surface area (Å²) in [5.41, 5.74) is 0. The lowest BCUT2D eigenvalue weighted by Gasteiger charge is -2.29. The summed E-state index contributed by atoms with van der Waals surface area (Å²) in [6.07, 6.45) is 7.55. The molecule has 0 amide bonds. The highest BCUT2D eigenvalue weighted by Crippen LogP contribution is 2.56. The second kappa shape index (κ2) is 5.16. The minimum atomic E-state index is 0.241. The third-order valence-corrected chi connectivity index (χ3v) is 7.13. The molecule has 5 atom stereocenters. The van der Waals surface area contributed by atoms with Gasteiger partial charge in [-0.15, -0.1) is 11.8 Å². The number of fused-ring (bicyclic) bond motifs is 3. The van der Waals surface area contributed by atoms with Gasteiger partial charge in [-0.1, -0.05) is 26.7 Å². The fourth-order valence-corrected chi connectivity index (χ4v) is 6.58. The van der Waals surface area contributed by atoms with Crippen molar-refractivity contribution in [1.82, 2.24) is 4.90 Å². The number of carbonyl (C=O) groups is 1. The second-order valence-electron chi connectivity index (χ2n) is 6.08. The summed E-state index contributed by atoms with van der Waals surface area (Å²) in [7, 11) is 0. The van der Waals surface area contributed by atoms with Crippen LogP contribution in [0.15, 0.2) is 0 Å². The zero-order chi connectivity index (χ0) is 12.7. The highest BCUT2D eigenvalue weighted by Gasteiger charge is 2.53. The van der Waals surface area contributed by atoms with Gasteiger partial charge in [-0.3, -0.25) is 9.69 Å². The van der Waals surface area contributed by atoms with Crippen LogP contribution in [0.4, 0.5) is 0 Å². The summed E-state index contributed by atoms with van der Waals surface area (Å²) in [6.45, 7) is 5.28. The summed E-state index contributed by atoms with van der Waals surface area (Å²) >= 11 is 2.20. The van der Waals surface area contributed by atoms with Gasteiger partial charge in [0.1, 0.15) is 5.78 Å². The number of thioether (sulfide) groups is 1. The molecule has 1 saturated carbocycles. The minimum absolute atomic E-state index is 0.241. The van der Waals surface area contributed by atoms with Crippen LogP contribution in [-0.4, -0.2) is 33.9 Å². The molecule has 3 fully saturated rings. The first-order valence-corrected chi connectivity index (χ1v) is 8.64. The largest absolute Gasteiger partial charge is 0.298 e. The molecule has 0 aromatic heterocycles. The molecule has 0 spiro atoms. The fraction of sp³-hybridized carbons (Fsp3) is 0.933. The molecule has 102 valence electrons. The van der Waals surface area contributed by atoms with Crippen molar-refractivity contribution < 1.29 is 4.79 Å². The average molecular weight is 267 g/mol. The highest BCUT2D eigenvalue weighted by atomic mass is 32.2. The van der Waals surface area contributed by atoms with Crippen LogP contribution in [0.5, 0.6) is 0 Å². The molecule has 2 saturated heterocycles. The summed E-state index contributed by atoms with van der Waals surface area (Å²) < 4.78 is 0. The van der Waals surface area contributed by atoms with Gasteiger partial charge in [-0.05, 0) is 37.6 Å². The molecule has 2 heterocycles. The number of nitrogens with zero attached hydrogens (tertiary/aromatic N) is 1. The smallest absolute Gasteiger partial charge is 0.149 e. The quantitative estimate of drug-likeness (QED) is 0.782. The van der Waals surface area contributed by atoms with Crippen molar-refractivity contribution in [2.45, 2.75) is 69.0 Å². The maximum atomic E-state index is 12.1. The SMILES string of the molecule is CCC(=O)C1CC2C3CCCCC3SC2N1CC. The molecule has 18 heavy (non-hydrogen) atoms. The number of hydrogen-bond acceptors (Lipinski definition) is 3. The molecule has 0 N–H and O–H groups in total. The Morgan fingerprint density at radius 1 is 1.22 bits per heavy atom. The van der Waals surface area contributed by atoms with Crippen molar-refractivity contribution in [2.24, 2.45) is 11.8 Å². The number of Topliss-reactive ketones (excluding diaryl/α,β-unsaturated/α-hetero) is 1. The topological polar surface area (TPSA) is 20.3 Å². The Hall–Kier alpha value is -0.0200. The van der Waals surface area contributed by atoms with E-state index in [1.807, 2.05) is 6.92 Å². The molecule has 3 aliphatic rings. The van der Waals surface area contributed by atoms with Gasteiger partial charge < -0.3 is 0 Å². The van der Waals surface area contributed by atoms with Gasteiger partial charge in [0.2, 0.25) is 0 Å². The Labute approximate surface area is 115 Å². The van der Waals surface area contributed by atoms with Crippen molar-refractivity contribution in [2.75, 3.05) is 6.54 Å². The first kappa shape index (κ1) is 13.0. The van der Waals surface area contributed by atoms with Gasteiger partial charge >= 0.3 is 0 Å². The van der Waals surface area contributed by atoms with E-state index in [-0.39, 0.29) is 6.04 Å².